The third kappa shape index (κ3) is 2.62. The molecule has 3 aromatic rings. The van der Waals surface area contributed by atoms with Gasteiger partial charge >= 0.3 is 5.91 Å². The first-order valence-corrected chi connectivity index (χ1v) is 8.04. The van der Waals surface area contributed by atoms with E-state index < -0.39 is 0 Å². The number of carbonyl (C=O) groups excluding carboxylic acids is 1. The summed E-state index contributed by atoms with van der Waals surface area (Å²) in [5.74, 6) is 2.74. The Balaban J connectivity index is 1.45. The van der Waals surface area contributed by atoms with E-state index in [1.807, 2.05) is 43.3 Å². The third-order valence-corrected chi connectivity index (χ3v) is 4.53. The fraction of sp³-hybridized carbons (Fsp3) is 0.263. The van der Waals surface area contributed by atoms with E-state index in [-0.39, 0.29) is 11.7 Å². The monoisotopic (exact) mass is 322 g/mol. The molecule has 122 valence electrons. The largest absolute Gasteiger partial charge is 0.460 e. The number of aryl methyl sites for hydroxylation is 1. The molecule has 1 aromatic carbocycles. The number of hydrogen-bond donors (Lipinski definition) is 1. The van der Waals surface area contributed by atoms with Crippen LogP contribution in [-0.4, -0.2) is 12.1 Å². The average Bonchev–Trinajstić information content (AvgIpc) is 2.99. The van der Waals surface area contributed by atoms with Crippen molar-refractivity contribution in [2.24, 2.45) is 11.0 Å². The van der Waals surface area contributed by atoms with E-state index in [9.17, 15) is 4.79 Å². The lowest BCUT2D eigenvalue weighted by atomic mass is 10.1. The lowest BCUT2D eigenvalue weighted by Crippen LogP contribution is -2.17. The zero-order chi connectivity index (χ0) is 16.7. The first kappa shape index (κ1) is 14.8. The van der Waals surface area contributed by atoms with Gasteiger partial charge in [-0.3, -0.25) is 4.79 Å². The number of fused-ring (bicyclic) bond motifs is 1. The van der Waals surface area contributed by atoms with E-state index in [0.717, 1.165) is 16.7 Å². The fourth-order valence-corrected chi connectivity index (χ4v) is 2.95. The molecule has 0 aliphatic heterocycles. The van der Waals surface area contributed by atoms with Crippen LogP contribution in [0.15, 0.2) is 50.3 Å². The molecule has 1 N–H and O–H groups in total. The normalized spacial score (nSPS) is 19.9. The first-order chi connectivity index (χ1) is 11.6. The van der Waals surface area contributed by atoms with Gasteiger partial charge in [-0.2, -0.15) is 5.10 Å². The van der Waals surface area contributed by atoms with Crippen molar-refractivity contribution in [3.8, 4) is 0 Å². The Hall–Kier alpha value is -2.82. The van der Waals surface area contributed by atoms with Crippen LogP contribution in [0.4, 0.5) is 0 Å². The minimum Gasteiger partial charge on any atom is -0.460 e. The van der Waals surface area contributed by atoms with Crippen LogP contribution in [0.3, 0.4) is 0 Å². The van der Waals surface area contributed by atoms with Crippen LogP contribution in [0.25, 0.3) is 11.0 Å². The summed E-state index contributed by atoms with van der Waals surface area (Å²) >= 11 is 0. The number of benzene rings is 1. The molecule has 5 heteroatoms. The van der Waals surface area contributed by atoms with Gasteiger partial charge in [0.15, 0.2) is 5.76 Å². The standard InChI is InChI=1S/C19H18N2O3/c1-11-9-15(11)17-8-7-13(23-17)10-20-21-19(22)18-12(2)14-5-3-4-6-16(14)24-18/h3-8,10-11,15H,9H2,1-2H3,(H,21,22)/b20-10-/t11-,15-/m1/s1. The lowest BCUT2D eigenvalue weighted by Gasteiger charge is -1.96. The molecule has 1 aliphatic carbocycles. The van der Waals surface area contributed by atoms with Crippen LogP contribution >= 0.6 is 0 Å². The quantitative estimate of drug-likeness (QED) is 0.577. The van der Waals surface area contributed by atoms with E-state index in [1.54, 1.807) is 0 Å². The van der Waals surface area contributed by atoms with Crippen molar-refractivity contribution in [2.75, 3.05) is 0 Å². The van der Waals surface area contributed by atoms with Crippen LogP contribution in [0.2, 0.25) is 0 Å². The molecule has 0 bridgehead atoms. The molecule has 24 heavy (non-hydrogen) atoms. The Labute approximate surface area is 139 Å². The highest BCUT2D eigenvalue weighted by atomic mass is 16.3. The van der Waals surface area contributed by atoms with Gasteiger partial charge in [-0.15, -0.1) is 0 Å². The van der Waals surface area contributed by atoms with E-state index in [0.29, 0.717) is 23.2 Å². The Morgan fingerprint density at radius 2 is 2.04 bits per heavy atom. The van der Waals surface area contributed by atoms with Gasteiger partial charge in [0.25, 0.3) is 0 Å². The SMILES string of the molecule is Cc1c(C(=O)N/N=C\c2ccc([C@@H]3C[C@H]3C)o2)oc2ccccc12. The number of nitrogens with one attached hydrogen (secondary N) is 1. The Kier molecular flexibility index (Phi) is 3.49. The highest BCUT2D eigenvalue weighted by molar-refractivity contribution is 5.99. The number of hydrogen-bond acceptors (Lipinski definition) is 4. The molecule has 4 rings (SSSR count). The van der Waals surface area contributed by atoms with Gasteiger partial charge in [0, 0.05) is 16.9 Å². The van der Waals surface area contributed by atoms with Crippen LogP contribution in [0, 0.1) is 12.8 Å². The van der Waals surface area contributed by atoms with Crippen molar-refractivity contribution in [3.05, 3.63) is 59.2 Å². The maximum Gasteiger partial charge on any atom is 0.307 e. The van der Waals surface area contributed by atoms with E-state index in [4.69, 9.17) is 8.83 Å². The van der Waals surface area contributed by atoms with Gasteiger partial charge < -0.3 is 8.83 Å². The Morgan fingerprint density at radius 1 is 1.25 bits per heavy atom. The molecule has 2 aromatic heterocycles. The van der Waals surface area contributed by atoms with Gasteiger partial charge in [-0.05, 0) is 37.5 Å². The van der Waals surface area contributed by atoms with Crippen LogP contribution in [-0.2, 0) is 0 Å². The van der Waals surface area contributed by atoms with Gasteiger partial charge in [0.2, 0.25) is 0 Å². The number of carbonyl (C=O) groups is 1. The Bertz CT molecular complexity index is 935. The topological polar surface area (TPSA) is 67.7 Å². The maximum absolute atomic E-state index is 12.2. The fourth-order valence-electron chi connectivity index (χ4n) is 2.95. The van der Waals surface area contributed by atoms with Gasteiger partial charge in [-0.25, -0.2) is 5.43 Å². The molecule has 5 nitrogen and oxygen atoms in total. The smallest absolute Gasteiger partial charge is 0.307 e. The lowest BCUT2D eigenvalue weighted by molar-refractivity contribution is 0.0929. The second-order valence-corrected chi connectivity index (χ2v) is 6.31. The number of rotatable bonds is 4. The van der Waals surface area contributed by atoms with Crippen molar-refractivity contribution < 1.29 is 13.6 Å². The minimum absolute atomic E-state index is 0.278. The summed E-state index contributed by atoms with van der Waals surface area (Å²) in [5, 5.41) is 4.89. The van der Waals surface area contributed by atoms with Gasteiger partial charge in [0.05, 0.1) is 6.21 Å². The third-order valence-electron chi connectivity index (χ3n) is 4.53. The molecule has 1 fully saturated rings. The molecule has 0 saturated heterocycles. The summed E-state index contributed by atoms with van der Waals surface area (Å²) < 4.78 is 11.3. The molecule has 2 heterocycles. The average molecular weight is 322 g/mol. The number of nitrogens with zero attached hydrogens (tertiary/aromatic N) is 1. The summed E-state index contributed by atoms with van der Waals surface area (Å²) in [5.41, 5.74) is 3.99. The van der Waals surface area contributed by atoms with Crippen LogP contribution < -0.4 is 5.43 Å². The summed E-state index contributed by atoms with van der Waals surface area (Å²) in [6.45, 7) is 4.07. The predicted molar refractivity (Wildman–Crippen MR) is 91.2 cm³/mol. The summed E-state index contributed by atoms with van der Waals surface area (Å²) in [6, 6.07) is 11.4. The van der Waals surface area contributed by atoms with Crippen molar-refractivity contribution in [1.82, 2.24) is 5.43 Å². The summed E-state index contributed by atoms with van der Waals surface area (Å²) in [4.78, 5) is 12.2. The molecule has 0 radical (unpaired) electrons. The van der Waals surface area contributed by atoms with Crippen molar-refractivity contribution in [2.45, 2.75) is 26.2 Å². The maximum atomic E-state index is 12.2. The highest BCUT2D eigenvalue weighted by Gasteiger charge is 2.36. The van der Waals surface area contributed by atoms with Gasteiger partial charge in [0.1, 0.15) is 17.1 Å². The van der Waals surface area contributed by atoms with Crippen molar-refractivity contribution >= 4 is 23.1 Å². The number of para-hydroxylation sites is 1. The molecule has 1 saturated carbocycles. The van der Waals surface area contributed by atoms with Crippen molar-refractivity contribution in [3.63, 3.8) is 0 Å². The van der Waals surface area contributed by atoms with E-state index >= 15 is 0 Å². The molecule has 1 aliphatic rings. The second kappa shape index (κ2) is 5.67. The number of amides is 1. The number of furan rings is 2. The predicted octanol–water partition coefficient (Wildman–Crippen LogP) is 4.22. The molecule has 2 atom stereocenters. The first-order valence-electron chi connectivity index (χ1n) is 8.04. The van der Waals surface area contributed by atoms with Gasteiger partial charge in [-0.1, -0.05) is 25.1 Å². The van der Waals surface area contributed by atoms with Crippen LogP contribution in [0.5, 0.6) is 0 Å². The zero-order valence-corrected chi connectivity index (χ0v) is 13.6. The molecular formula is C19H18N2O3. The minimum atomic E-state index is -0.373. The molecule has 0 unspecified atom stereocenters. The summed E-state index contributed by atoms with van der Waals surface area (Å²) in [6.07, 6.45) is 2.68. The highest BCUT2D eigenvalue weighted by Crippen LogP contribution is 2.47. The molecule has 1 amide bonds. The number of hydrazone groups is 1. The van der Waals surface area contributed by atoms with E-state index in [2.05, 4.69) is 17.5 Å². The molecule has 0 spiro atoms. The van der Waals surface area contributed by atoms with Crippen molar-refractivity contribution in [1.29, 1.82) is 0 Å². The van der Waals surface area contributed by atoms with E-state index in [1.165, 1.54) is 12.6 Å². The zero-order valence-electron chi connectivity index (χ0n) is 13.6. The van der Waals surface area contributed by atoms with Crippen LogP contribution in [0.1, 0.15) is 46.9 Å². The second-order valence-electron chi connectivity index (χ2n) is 6.31. The summed E-state index contributed by atoms with van der Waals surface area (Å²) in [7, 11) is 0. The molecular weight excluding hydrogens is 304 g/mol. The Morgan fingerprint density at radius 3 is 2.79 bits per heavy atom.